The Morgan fingerprint density at radius 2 is 1.88 bits per heavy atom. The highest BCUT2D eigenvalue weighted by molar-refractivity contribution is 6.02. The number of carbonyl (C=O) groups excluding carboxylic acids is 2. The van der Waals surface area contributed by atoms with Gasteiger partial charge in [0.2, 0.25) is 5.91 Å². The second kappa shape index (κ2) is 6.08. The first kappa shape index (κ1) is 16.7. The Bertz CT molecular complexity index is 715. The molecule has 0 radical (unpaired) electrons. The lowest BCUT2D eigenvalue weighted by atomic mass is 9.70. The van der Waals surface area contributed by atoms with Crippen LogP contribution in [0.15, 0.2) is 35.5 Å². The molecule has 1 aliphatic carbocycles. The predicted octanol–water partition coefficient (Wildman–Crippen LogP) is 3.72. The number of amides is 1. The Hall–Kier alpha value is -2.10. The Labute approximate surface area is 143 Å². The molecule has 128 valence electrons. The second-order valence-corrected chi connectivity index (χ2v) is 7.84. The van der Waals surface area contributed by atoms with Gasteiger partial charge in [-0.15, -0.1) is 0 Å². The molecule has 1 amide bonds. The van der Waals surface area contributed by atoms with Gasteiger partial charge in [-0.2, -0.15) is 0 Å². The highest BCUT2D eigenvalue weighted by Crippen LogP contribution is 2.45. The van der Waals surface area contributed by atoms with E-state index in [-0.39, 0.29) is 29.1 Å². The lowest BCUT2D eigenvalue weighted by Crippen LogP contribution is -2.40. The second-order valence-electron chi connectivity index (χ2n) is 7.84. The summed E-state index contributed by atoms with van der Waals surface area (Å²) in [4.78, 5) is 25.1. The molecule has 0 spiro atoms. The van der Waals surface area contributed by atoms with Gasteiger partial charge in [0, 0.05) is 35.6 Å². The van der Waals surface area contributed by atoms with Gasteiger partial charge in [0.1, 0.15) is 5.75 Å². The molecule has 0 bridgehead atoms. The summed E-state index contributed by atoms with van der Waals surface area (Å²) in [5.74, 6) is 0.665. The highest BCUT2D eigenvalue weighted by Gasteiger charge is 2.41. The number of Topliss-reactive ketones (excluding diaryl/α,β-unsaturated/α-hetero) is 1. The smallest absolute Gasteiger partial charge is 0.225 e. The van der Waals surface area contributed by atoms with Crippen LogP contribution in [-0.2, 0) is 9.59 Å². The molecule has 1 aromatic rings. The maximum Gasteiger partial charge on any atom is 0.225 e. The van der Waals surface area contributed by atoms with E-state index in [2.05, 4.69) is 19.2 Å². The Kier molecular flexibility index (Phi) is 4.24. The van der Waals surface area contributed by atoms with Crippen molar-refractivity contribution in [1.29, 1.82) is 0 Å². The number of ether oxygens (including phenoxy) is 1. The monoisotopic (exact) mass is 327 g/mol. The zero-order valence-electron chi connectivity index (χ0n) is 14.8. The minimum absolute atomic E-state index is 0.0244. The molecule has 0 aromatic heterocycles. The molecule has 24 heavy (non-hydrogen) atoms. The van der Waals surface area contributed by atoms with Gasteiger partial charge in [-0.25, -0.2) is 0 Å². The van der Waals surface area contributed by atoms with Crippen LogP contribution in [0.4, 0.5) is 0 Å². The van der Waals surface area contributed by atoms with Crippen molar-refractivity contribution in [2.45, 2.75) is 59.0 Å². The Morgan fingerprint density at radius 1 is 1.17 bits per heavy atom. The van der Waals surface area contributed by atoms with Gasteiger partial charge in [0.25, 0.3) is 0 Å². The molecule has 0 fully saturated rings. The molecule has 4 heteroatoms. The number of allylic oxidation sites excluding steroid dienone is 2. The van der Waals surface area contributed by atoms with E-state index < -0.39 is 0 Å². The highest BCUT2D eigenvalue weighted by atomic mass is 16.5. The molecule has 3 rings (SSSR count). The van der Waals surface area contributed by atoms with E-state index in [1.54, 1.807) is 0 Å². The van der Waals surface area contributed by atoms with Crippen LogP contribution < -0.4 is 10.1 Å². The van der Waals surface area contributed by atoms with Gasteiger partial charge < -0.3 is 10.1 Å². The summed E-state index contributed by atoms with van der Waals surface area (Å²) in [6.45, 7) is 8.09. The molecule has 1 heterocycles. The van der Waals surface area contributed by atoms with Gasteiger partial charge in [0.15, 0.2) is 5.78 Å². The van der Waals surface area contributed by atoms with Crippen LogP contribution >= 0.6 is 0 Å². The fourth-order valence-corrected chi connectivity index (χ4v) is 3.75. The third kappa shape index (κ3) is 3.23. The predicted molar refractivity (Wildman–Crippen MR) is 92.8 cm³/mol. The molecule has 1 aliphatic heterocycles. The van der Waals surface area contributed by atoms with E-state index >= 15 is 0 Å². The van der Waals surface area contributed by atoms with Gasteiger partial charge in [0.05, 0.1) is 6.10 Å². The molecule has 0 saturated carbocycles. The molecular weight excluding hydrogens is 302 g/mol. The summed E-state index contributed by atoms with van der Waals surface area (Å²) < 4.78 is 5.92. The largest absolute Gasteiger partial charge is 0.491 e. The number of ketones is 1. The van der Waals surface area contributed by atoms with Gasteiger partial charge in [-0.1, -0.05) is 32.0 Å². The number of para-hydroxylation sites is 1. The van der Waals surface area contributed by atoms with E-state index in [1.165, 1.54) is 0 Å². The van der Waals surface area contributed by atoms with Crippen LogP contribution in [-0.4, -0.2) is 17.8 Å². The van der Waals surface area contributed by atoms with Crippen LogP contribution in [0, 0.1) is 5.41 Å². The summed E-state index contributed by atoms with van der Waals surface area (Å²) in [5, 5.41) is 2.94. The van der Waals surface area contributed by atoms with Gasteiger partial charge >= 0.3 is 0 Å². The molecule has 1 aromatic carbocycles. The van der Waals surface area contributed by atoms with Gasteiger partial charge in [-0.05, 0) is 31.7 Å². The van der Waals surface area contributed by atoms with Crippen molar-refractivity contribution in [1.82, 2.24) is 5.32 Å². The fourth-order valence-electron chi connectivity index (χ4n) is 3.75. The minimum Gasteiger partial charge on any atom is -0.491 e. The molecule has 2 aliphatic rings. The lowest BCUT2D eigenvalue weighted by Gasteiger charge is -2.38. The van der Waals surface area contributed by atoms with E-state index in [0.717, 1.165) is 29.0 Å². The number of carbonyl (C=O) groups is 2. The van der Waals surface area contributed by atoms with E-state index in [0.29, 0.717) is 12.8 Å². The summed E-state index contributed by atoms with van der Waals surface area (Å²) >= 11 is 0. The van der Waals surface area contributed by atoms with Crippen molar-refractivity contribution in [3.8, 4) is 5.75 Å². The molecular formula is C20H25NO3. The van der Waals surface area contributed by atoms with Crippen molar-refractivity contribution in [3.05, 3.63) is 41.1 Å². The molecule has 1 atom stereocenters. The maximum absolute atomic E-state index is 12.8. The molecule has 1 N–H and O–H groups in total. The maximum atomic E-state index is 12.8. The average Bonchev–Trinajstić information content (AvgIpc) is 2.44. The van der Waals surface area contributed by atoms with Crippen molar-refractivity contribution >= 4 is 11.7 Å². The van der Waals surface area contributed by atoms with Crippen molar-refractivity contribution < 1.29 is 14.3 Å². The first-order valence-electron chi connectivity index (χ1n) is 8.58. The minimum atomic E-state index is -0.215. The quantitative estimate of drug-likeness (QED) is 0.920. The lowest BCUT2D eigenvalue weighted by molar-refractivity contribution is -0.122. The van der Waals surface area contributed by atoms with E-state index in [4.69, 9.17) is 4.74 Å². The van der Waals surface area contributed by atoms with Gasteiger partial charge in [-0.3, -0.25) is 9.59 Å². The molecule has 0 unspecified atom stereocenters. The summed E-state index contributed by atoms with van der Waals surface area (Å²) in [6, 6.07) is 7.75. The SMILES string of the molecule is CC(C)Oc1ccccc1[C@@H]1CC(=O)NC2=C1C(=O)CC(C)(C)C2. The standard InChI is InChI=1S/C20H25NO3/c1-12(2)24-17-8-6-5-7-13(17)14-9-18(23)21-15-10-20(3,4)11-16(22)19(14)15/h5-8,12,14H,9-11H2,1-4H3,(H,21,23)/t14-/m0/s1. The Morgan fingerprint density at radius 3 is 2.58 bits per heavy atom. The van der Waals surface area contributed by atoms with Crippen LogP contribution in [0.3, 0.4) is 0 Å². The first-order valence-corrected chi connectivity index (χ1v) is 8.58. The fraction of sp³-hybridized carbons (Fsp3) is 0.500. The number of hydrogen-bond donors (Lipinski definition) is 1. The van der Waals surface area contributed by atoms with Crippen LogP contribution in [0.25, 0.3) is 0 Å². The number of benzene rings is 1. The van der Waals surface area contributed by atoms with Crippen molar-refractivity contribution in [3.63, 3.8) is 0 Å². The van der Waals surface area contributed by atoms with Crippen molar-refractivity contribution in [2.24, 2.45) is 5.41 Å². The van der Waals surface area contributed by atoms with E-state index in [9.17, 15) is 9.59 Å². The zero-order valence-corrected chi connectivity index (χ0v) is 14.8. The van der Waals surface area contributed by atoms with Crippen molar-refractivity contribution in [2.75, 3.05) is 0 Å². The number of nitrogens with one attached hydrogen (secondary N) is 1. The number of rotatable bonds is 3. The molecule has 0 saturated heterocycles. The first-order chi connectivity index (χ1) is 11.3. The van der Waals surface area contributed by atoms with Crippen LogP contribution in [0.1, 0.15) is 58.4 Å². The third-order valence-corrected chi connectivity index (χ3v) is 4.61. The van der Waals surface area contributed by atoms with Crippen LogP contribution in [0.5, 0.6) is 5.75 Å². The topological polar surface area (TPSA) is 55.4 Å². The third-order valence-electron chi connectivity index (χ3n) is 4.61. The molecule has 4 nitrogen and oxygen atoms in total. The summed E-state index contributed by atoms with van der Waals surface area (Å²) in [7, 11) is 0. The van der Waals surface area contributed by atoms with E-state index in [1.807, 2.05) is 38.1 Å². The van der Waals surface area contributed by atoms with Crippen LogP contribution in [0.2, 0.25) is 0 Å². The normalized spacial score (nSPS) is 23.1. The number of hydrogen-bond acceptors (Lipinski definition) is 3. The summed E-state index contributed by atoms with van der Waals surface area (Å²) in [6.07, 6.45) is 1.58. The summed E-state index contributed by atoms with van der Waals surface area (Å²) in [5.41, 5.74) is 2.39. The Balaban J connectivity index is 2.08. The zero-order chi connectivity index (χ0) is 17.5. The average molecular weight is 327 g/mol.